The molecule has 5 rings (SSSR count). The number of aromatic nitrogens is 2. The number of nitrogens with one attached hydrogen (secondary N) is 2. The van der Waals surface area contributed by atoms with Gasteiger partial charge in [0, 0.05) is 45.6 Å². The topological polar surface area (TPSA) is 74.8 Å². The Hall–Kier alpha value is -3.44. The summed E-state index contributed by atoms with van der Waals surface area (Å²) in [5.41, 5.74) is 4.86. The van der Waals surface area contributed by atoms with E-state index in [0.29, 0.717) is 17.1 Å². The summed E-state index contributed by atoms with van der Waals surface area (Å²) in [4.78, 5) is 31.9. The molecule has 0 radical (unpaired) electrons. The maximum atomic E-state index is 12.3. The molecule has 0 spiro atoms. The molecule has 0 aliphatic heterocycles. The third-order valence-electron chi connectivity index (χ3n) is 5.34. The number of carbonyl (C=O) groups excluding carboxylic acids is 2. The summed E-state index contributed by atoms with van der Waals surface area (Å²) in [5.74, 6) is -0.136. The van der Waals surface area contributed by atoms with Crippen molar-refractivity contribution in [3.63, 3.8) is 0 Å². The summed E-state index contributed by atoms with van der Waals surface area (Å²) in [6.07, 6.45) is 4.33. The number of aryl methyl sites for hydroxylation is 1. The van der Waals surface area contributed by atoms with E-state index < -0.39 is 0 Å². The van der Waals surface area contributed by atoms with Gasteiger partial charge in [0.05, 0.1) is 21.9 Å². The van der Waals surface area contributed by atoms with Crippen LogP contribution >= 0.6 is 11.6 Å². The summed E-state index contributed by atoms with van der Waals surface area (Å²) >= 11 is 6.21. The summed E-state index contributed by atoms with van der Waals surface area (Å²) in [5, 5.41) is 6.09. The van der Waals surface area contributed by atoms with Crippen LogP contribution in [0.25, 0.3) is 32.9 Å². The minimum absolute atomic E-state index is 0.195. The van der Waals surface area contributed by atoms with Crippen LogP contribution in [0.1, 0.15) is 22.5 Å². The Morgan fingerprint density at radius 1 is 1.17 bits per heavy atom. The lowest BCUT2D eigenvalue weighted by Gasteiger charge is -2.09. The van der Waals surface area contributed by atoms with Crippen molar-refractivity contribution in [2.24, 2.45) is 0 Å². The Morgan fingerprint density at radius 3 is 2.86 bits per heavy atom. The average Bonchev–Trinajstić information content (AvgIpc) is 3.29. The summed E-state index contributed by atoms with van der Waals surface area (Å²) < 4.78 is 0. The van der Waals surface area contributed by atoms with E-state index in [2.05, 4.69) is 21.9 Å². The maximum Gasteiger partial charge on any atom is 0.247 e. The highest BCUT2D eigenvalue weighted by Gasteiger charge is 2.25. The zero-order valence-electron chi connectivity index (χ0n) is 15.4. The van der Waals surface area contributed by atoms with E-state index >= 15 is 0 Å². The minimum Gasteiger partial charge on any atom is -0.357 e. The largest absolute Gasteiger partial charge is 0.357 e. The molecule has 6 heteroatoms. The first-order chi connectivity index (χ1) is 14.0. The maximum absolute atomic E-state index is 12.3. The number of ketones is 1. The van der Waals surface area contributed by atoms with Crippen LogP contribution in [0.4, 0.5) is 5.69 Å². The van der Waals surface area contributed by atoms with E-state index in [0.717, 1.165) is 50.6 Å². The Bertz CT molecular complexity index is 1350. The number of pyridine rings is 1. The third kappa shape index (κ3) is 2.82. The van der Waals surface area contributed by atoms with Crippen LogP contribution in [0, 0.1) is 0 Å². The van der Waals surface area contributed by atoms with Crippen LogP contribution in [-0.4, -0.2) is 21.7 Å². The van der Waals surface area contributed by atoms with Gasteiger partial charge < -0.3 is 10.3 Å². The second-order valence-electron chi connectivity index (χ2n) is 7.07. The standard InChI is InChI=1S/C23H16ClN3O2/c1-2-21(29)26-19-9-12(4-6-16(19)24)18-10-15-13(11-25-18)3-5-14-22-17(27-23(14)15)7-8-20(22)28/h2-6,9-11,27H,1,7-8H2,(H,26,29). The van der Waals surface area contributed by atoms with E-state index in [1.807, 2.05) is 30.5 Å². The van der Waals surface area contributed by atoms with Gasteiger partial charge >= 0.3 is 0 Å². The predicted molar refractivity (Wildman–Crippen MR) is 116 cm³/mol. The number of hydrogen-bond donors (Lipinski definition) is 2. The van der Waals surface area contributed by atoms with Gasteiger partial charge in [-0.3, -0.25) is 14.6 Å². The molecule has 2 aromatic carbocycles. The minimum atomic E-state index is -0.331. The second kappa shape index (κ2) is 6.57. The summed E-state index contributed by atoms with van der Waals surface area (Å²) in [6.45, 7) is 3.46. The molecule has 29 heavy (non-hydrogen) atoms. The summed E-state index contributed by atoms with van der Waals surface area (Å²) in [7, 11) is 0. The number of H-pyrrole nitrogens is 1. The van der Waals surface area contributed by atoms with Gasteiger partial charge in [0.1, 0.15) is 0 Å². The lowest BCUT2D eigenvalue weighted by atomic mass is 10.0. The molecule has 1 aliphatic carbocycles. The number of benzene rings is 2. The fourth-order valence-corrected chi connectivity index (χ4v) is 4.09. The first kappa shape index (κ1) is 17.6. The highest BCUT2D eigenvalue weighted by Crippen LogP contribution is 2.36. The van der Waals surface area contributed by atoms with Crippen LogP contribution in [-0.2, 0) is 11.2 Å². The van der Waals surface area contributed by atoms with Crippen molar-refractivity contribution in [1.29, 1.82) is 0 Å². The molecule has 0 saturated heterocycles. The molecule has 2 heterocycles. The Labute approximate surface area is 171 Å². The molecule has 2 N–H and O–H groups in total. The van der Waals surface area contributed by atoms with Crippen LogP contribution in [0.3, 0.4) is 0 Å². The first-order valence-corrected chi connectivity index (χ1v) is 9.63. The molecule has 0 saturated carbocycles. The molecule has 0 unspecified atom stereocenters. The summed E-state index contributed by atoms with van der Waals surface area (Å²) in [6, 6.07) is 11.4. The van der Waals surface area contributed by atoms with Crippen LogP contribution in [0.5, 0.6) is 0 Å². The van der Waals surface area contributed by atoms with Gasteiger partial charge in [0.2, 0.25) is 5.91 Å². The van der Waals surface area contributed by atoms with Gasteiger partial charge in [0.25, 0.3) is 0 Å². The Balaban J connectivity index is 1.67. The molecule has 0 fully saturated rings. The quantitative estimate of drug-likeness (QED) is 0.458. The van der Waals surface area contributed by atoms with E-state index in [1.165, 1.54) is 6.08 Å². The van der Waals surface area contributed by atoms with Crippen LogP contribution in [0.2, 0.25) is 5.02 Å². The number of hydrogen-bond acceptors (Lipinski definition) is 3. The molecule has 0 bridgehead atoms. The number of fused-ring (bicyclic) bond motifs is 5. The monoisotopic (exact) mass is 401 g/mol. The van der Waals surface area contributed by atoms with Crippen molar-refractivity contribution >= 4 is 50.7 Å². The molecule has 4 aromatic rings. The Morgan fingerprint density at radius 2 is 2.03 bits per heavy atom. The first-order valence-electron chi connectivity index (χ1n) is 9.25. The predicted octanol–water partition coefficient (Wildman–Crippen LogP) is 5.29. The Kier molecular flexibility index (Phi) is 4.00. The van der Waals surface area contributed by atoms with Crippen molar-refractivity contribution in [2.45, 2.75) is 12.8 Å². The van der Waals surface area contributed by atoms with Gasteiger partial charge in [-0.25, -0.2) is 0 Å². The highest BCUT2D eigenvalue weighted by molar-refractivity contribution is 6.34. The van der Waals surface area contributed by atoms with Crippen LogP contribution < -0.4 is 5.32 Å². The van der Waals surface area contributed by atoms with Crippen LogP contribution in [0.15, 0.2) is 55.3 Å². The molecule has 1 amide bonds. The van der Waals surface area contributed by atoms with Gasteiger partial charge in [0.15, 0.2) is 5.78 Å². The molecule has 0 atom stereocenters. The van der Waals surface area contributed by atoms with Gasteiger partial charge in [-0.1, -0.05) is 36.4 Å². The highest BCUT2D eigenvalue weighted by atomic mass is 35.5. The third-order valence-corrected chi connectivity index (χ3v) is 5.67. The van der Waals surface area contributed by atoms with Crippen molar-refractivity contribution in [3.8, 4) is 11.3 Å². The van der Waals surface area contributed by atoms with Crippen molar-refractivity contribution in [1.82, 2.24) is 9.97 Å². The number of halogens is 1. The molecular formula is C23H16ClN3O2. The van der Waals surface area contributed by atoms with Gasteiger partial charge in [-0.15, -0.1) is 0 Å². The number of rotatable bonds is 3. The lowest BCUT2D eigenvalue weighted by molar-refractivity contribution is -0.111. The van der Waals surface area contributed by atoms with Crippen molar-refractivity contribution < 1.29 is 9.59 Å². The second-order valence-corrected chi connectivity index (χ2v) is 7.48. The molecule has 1 aliphatic rings. The smallest absolute Gasteiger partial charge is 0.247 e. The van der Waals surface area contributed by atoms with Gasteiger partial charge in [-0.2, -0.15) is 0 Å². The fourth-order valence-electron chi connectivity index (χ4n) is 3.93. The normalized spacial score (nSPS) is 13.1. The average molecular weight is 402 g/mol. The number of amides is 1. The fraction of sp³-hybridized carbons (Fsp3) is 0.0870. The zero-order chi connectivity index (χ0) is 20.1. The van der Waals surface area contributed by atoms with E-state index in [-0.39, 0.29) is 11.7 Å². The zero-order valence-corrected chi connectivity index (χ0v) is 16.1. The number of nitrogens with zero attached hydrogens (tertiary/aromatic N) is 1. The SMILES string of the molecule is C=CC(=O)Nc1cc(-c2cc3c(ccc4c5c([nH]c43)CCC5=O)cn2)ccc1Cl. The number of carbonyl (C=O) groups is 2. The molecular weight excluding hydrogens is 386 g/mol. The molecule has 142 valence electrons. The molecule has 5 nitrogen and oxygen atoms in total. The van der Waals surface area contributed by atoms with E-state index in [9.17, 15) is 9.59 Å². The lowest BCUT2D eigenvalue weighted by Crippen LogP contribution is -2.07. The number of aromatic amines is 1. The van der Waals surface area contributed by atoms with E-state index in [4.69, 9.17) is 11.6 Å². The van der Waals surface area contributed by atoms with Gasteiger partial charge in [-0.05, 0) is 30.7 Å². The molecule has 2 aromatic heterocycles. The van der Waals surface area contributed by atoms with Crippen molar-refractivity contribution in [2.75, 3.05) is 5.32 Å². The van der Waals surface area contributed by atoms with Crippen molar-refractivity contribution in [3.05, 3.63) is 71.5 Å². The number of Topliss-reactive ketones (excluding diaryl/α,β-unsaturated/α-hetero) is 1. The number of anilines is 1. The van der Waals surface area contributed by atoms with E-state index in [1.54, 1.807) is 12.1 Å².